The molecule has 32 heavy (non-hydrogen) atoms. The molecule has 0 aromatic heterocycles. The third-order valence-corrected chi connectivity index (χ3v) is 5.04. The largest absolute Gasteiger partial charge is 0.480 e. The molecule has 186 valence electrons. The van der Waals surface area contributed by atoms with Crippen LogP contribution in [0.4, 0.5) is 8.78 Å². The molecule has 0 bridgehead atoms. The summed E-state index contributed by atoms with van der Waals surface area (Å²) in [6, 6.07) is -1.92. The second kappa shape index (κ2) is 11.2. The van der Waals surface area contributed by atoms with Crippen LogP contribution in [-0.4, -0.2) is 110 Å². The van der Waals surface area contributed by atoms with Gasteiger partial charge < -0.3 is 51.7 Å². The zero-order valence-corrected chi connectivity index (χ0v) is 17.3. The molecule has 0 aromatic carbocycles. The number of nitrogens with one attached hydrogen (secondary N) is 2. The van der Waals surface area contributed by atoms with Gasteiger partial charge in [-0.1, -0.05) is 0 Å². The Labute approximate surface area is 181 Å². The second-order valence-corrected chi connectivity index (χ2v) is 7.56. The van der Waals surface area contributed by atoms with E-state index in [1.165, 1.54) is 6.92 Å². The van der Waals surface area contributed by atoms with Gasteiger partial charge in [-0.3, -0.25) is 14.4 Å². The van der Waals surface area contributed by atoms with Gasteiger partial charge in [0, 0.05) is 13.0 Å². The van der Waals surface area contributed by atoms with E-state index in [1.54, 1.807) is 0 Å². The van der Waals surface area contributed by atoms with E-state index in [0.717, 1.165) is 0 Å². The lowest BCUT2D eigenvalue weighted by Gasteiger charge is -2.33. The number of rotatable bonds is 12. The van der Waals surface area contributed by atoms with Gasteiger partial charge in [0.1, 0.15) is 30.5 Å². The predicted molar refractivity (Wildman–Crippen MR) is 98.7 cm³/mol. The van der Waals surface area contributed by atoms with Gasteiger partial charge in [0.15, 0.2) is 6.04 Å². The number of amides is 2. The number of hydrogen-bond acceptors (Lipinski definition) is 9. The lowest BCUT2D eigenvalue weighted by atomic mass is 9.97. The quantitative estimate of drug-likeness (QED) is 0.123. The van der Waals surface area contributed by atoms with Crippen LogP contribution in [-0.2, 0) is 19.1 Å². The summed E-state index contributed by atoms with van der Waals surface area (Å²) in [5, 5.41) is 60.7. The first kappa shape index (κ1) is 28.0. The molecule has 13 nitrogen and oxygen atoms in total. The lowest BCUT2D eigenvalue weighted by molar-refractivity contribution is -0.405. The van der Waals surface area contributed by atoms with Crippen molar-refractivity contribution in [1.82, 2.24) is 10.6 Å². The fourth-order valence-corrected chi connectivity index (χ4v) is 2.94. The molecule has 15 heteroatoms. The Balaban J connectivity index is 2.55. The first-order valence-corrected chi connectivity index (χ1v) is 9.78. The highest BCUT2D eigenvalue weighted by molar-refractivity contribution is 5.85. The van der Waals surface area contributed by atoms with E-state index in [0.29, 0.717) is 0 Å². The van der Waals surface area contributed by atoms with E-state index in [-0.39, 0.29) is 25.8 Å². The maximum atomic E-state index is 14.5. The Kier molecular flexibility index (Phi) is 9.83. The first-order chi connectivity index (χ1) is 14.7. The smallest absolute Gasteiger partial charge is 0.379 e. The molecule has 1 saturated heterocycles. The Bertz CT molecular complexity index is 685. The molecule has 1 aliphatic rings. The summed E-state index contributed by atoms with van der Waals surface area (Å²) in [4.78, 5) is 34.4. The van der Waals surface area contributed by atoms with Crippen molar-refractivity contribution >= 4 is 17.8 Å². The first-order valence-electron chi connectivity index (χ1n) is 9.78. The summed E-state index contributed by atoms with van der Waals surface area (Å²) >= 11 is 0. The minimum atomic E-state index is -4.74. The number of carbonyl (C=O) groups excluding carboxylic acids is 2. The average Bonchev–Trinajstić information content (AvgIpc) is 2.97. The Morgan fingerprint density at radius 2 is 1.84 bits per heavy atom. The van der Waals surface area contributed by atoms with E-state index in [1.807, 2.05) is 5.32 Å². The molecule has 0 spiro atoms. The summed E-state index contributed by atoms with van der Waals surface area (Å²) in [5.41, 5.74) is 3.58. The maximum absolute atomic E-state index is 14.5. The molecule has 0 aliphatic carbocycles. The van der Waals surface area contributed by atoms with Crippen LogP contribution in [0.5, 0.6) is 0 Å². The summed E-state index contributed by atoms with van der Waals surface area (Å²) in [6.45, 7) is -0.0676. The fourth-order valence-electron chi connectivity index (χ4n) is 2.94. The van der Waals surface area contributed by atoms with Crippen LogP contribution < -0.4 is 16.4 Å². The molecule has 1 aliphatic heterocycles. The summed E-state index contributed by atoms with van der Waals surface area (Å²) in [5.74, 6) is -12.4. The number of carbonyl (C=O) groups is 3. The Morgan fingerprint density at radius 1 is 1.25 bits per heavy atom. The third kappa shape index (κ3) is 6.06. The van der Waals surface area contributed by atoms with Crippen molar-refractivity contribution < 1.29 is 64.3 Å². The van der Waals surface area contributed by atoms with Gasteiger partial charge >= 0.3 is 11.9 Å². The minimum absolute atomic E-state index is 0.117. The number of alkyl halides is 2. The maximum Gasteiger partial charge on any atom is 0.379 e. The van der Waals surface area contributed by atoms with Gasteiger partial charge in [0.25, 0.3) is 17.6 Å². The molecular formula is C17H30F2N3O10+. The van der Waals surface area contributed by atoms with Gasteiger partial charge in [-0.25, -0.2) is 0 Å². The molecule has 1 rings (SSSR count). The van der Waals surface area contributed by atoms with Crippen molar-refractivity contribution in [1.29, 1.82) is 0 Å². The van der Waals surface area contributed by atoms with Gasteiger partial charge in [0.05, 0.1) is 6.61 Å². The van der Waals surface area contributed by atoms with Crippen molar-refractivity contribution in [2.24, 2.45) is 0 Å². The van der Waals surface area contributed by atoms with E-state index in [2.05, 4.69) is 15.8 Å². The molecule has 0 radical (unpaired) electrons. The lowest BCUT2D eigenvalue weighted by Crippen LogP contribution is -2.68. The number of quaternary nitrogens is 1. The number of aliphatic carboxylic acids is 1. The van der Waals surface area contributed by atoms with E-state index >= 15 is 0 Å². The van der Waals surface area contributed by atoms with Crippen molar-refractivity contribution in [3.8, 4) is 0 Å². The number of unbranched alkanes of at least 4 members (excludes halogenated alkanes) is 1. The van der Waals surface area contributed by atoms with Crippen LogP contribution in [0.1, 0.15) is 26.2 Å². The highest BCUT2D eigenvalue weighted by atomic mass is 19.3. The topological polar surface area (TPSA) is 234 Å². The monoisotopic (exact) mass is 474 g/mol. The average molecular weight is 474 g/mol. The van der Waals surface area contributed by atoms with Crippen LogP contribution in [0.2, 0.25) is 0 Å². The zero-order valence-electron chi connectivity index (χ0n) is 17.3. The molecule has 0 aromatic rings. The number of carboxylic acid groups (broad SMARTS) is 1. The van der Waals surface area contributed by atoms with Crippen molar-refractivity contribution in [3.05, 3.63) is 0 Å². The van der Waals surface area contributed by atoms with Gasteiger partial charge in [-0.15, -0.1) is 0 Å². The number of halogens is 2. The van der Waals surface area contributed by atoms with E-state index < -0.39 is 72.6 Å². The van der Waals surface area contributed by atoms with Crippen LogP contribution in [0.25, 0.3) is 0 Å². The van der Waals surface area contributed by atoms with Crippen molar-refractivity contribution in [3.63, 3.8) is 0 Å². The van der Waals surface area contributed by atoms with Crippen LogP contribution >= 0.6 is 0 Å². The molecule has 0 saturated carbocycles. The number of hydrogen-bond donors (Lipinski definition) is 9. The summed E-state index contributed by atoms with van der Waals surface area (Å²) in [7, 11) is 0. The molecule has 7 atom stereocenters. The third-order valence-electron chi connectivity index (χ3n) is 5.04. The van der Waals surface area contributed by atoms with Gasteiger partial charge in [-0.2, -0.15) is 8.78 Å². The SMILES string of the molecule is C[C@H](NC(=O)[C@@H]([NH3+])CCCCNC(=O)C(F)(F)[C@]1(O)O[C@H](C(O)CO)[C@H](O)[C@H]1O)C(=O)O. The zero-order chi connectivity index (χ0) is 24.9. The molecule has 1 fully saturated rings. The van der Waals surface area contributed by atoms with E-state index in [4.69, 9.17) is 10.2 Å². The number of carboxylic acids is 1. The molecule has 2 amide bonds. The second-order valence-electron chi connectivity index (χ2n) is 7.56. The fraction of sp³-hybridized carbons (Fsp3) is 0.824. The number of aliphatic hydroxyl groups is 5. The van der Waals surface area contributed by atoms with Crippen LogP contribution in [0, 0.1) is 0 Å². The van der Waals surface area contributed by atoms with Crippen LogP contribution in [0.3, 0.4) is 0 Å². The molecule has 1 heterocycles. The van der Waals surface area contributed by atoms with E-state index in [9.17, 15) is 43.6 Å². The molecule has 11 N–H and O–H groups in total. The normalized spacial score (nSPS) is 28.6. The molecule has 1 unspecified atom stereocenters. The Hall–Kier alpha value is -2.01. The van der Waals surface area contributed by atoms with Crippen molar-refractivity contribution in [2.75, 3.05) is 13.2 Å². The molecular weight excluding hydrogens is 444 g/mol. The van der Waals surface area contributed by atoms with Crippen LogP contribution in [0.15, 0.2) is 0 Å². The number of aliphatic hydroxyl groups excluding tert-OH is 4. The summed E-state index contributed by atoms with van der Waals surface area (Å²) in [6.07, 6.45) is -8.20. The van der Waals surface area contributed by atoms with Gasteiger partial charge in [0.2, 0.25) is 0 Å². The summed E-state index contributed by atoms with van der Waals surface area (Å²) < 4.78 is 33.5. The van der Waals surface area contributed by atoms with Gasteiger partial charge in [-0.05, 0) is 19.8 Å². The Morgan fingerprint density at radius 3 is 2.38 bits per heavy atom. The number of ether oxygens (including phenoxy) is 1. The highest BCUT2D eigenvalue weighted by Crippen LogP contribution is 2.42. The predicted octanol–water partition coefficient (Wildman–Crippen LogP) is -4.73. The van der Waals surface area contributed by atoms with Crippen molar-refractivity contribution in [2.45, 2.75) is 74.4 Å². The standard InChI is InChI=1S/C17H29F2N3O10/c1-7(14(28)29)22-13(27)8(20)4-2-3-5-21-15(30)16(18,19)17(31)12(26)10(25)11(32-17)9(24)6-23/h7-12,23-26,31H,2-6,20H2,1H3,(H,21,30)(H,22,27)(H,28,29)/p+1/t7-,8-,9?,10-,11+,12+,17+/m0/s1. The minimum Gasteiger partial charge on any atom is -0.480 e. The highest BCUT2D eigenvalue weighted by Gasteiger charge is 2.71.